The van der Waals surface area contributed by atoms with Crippen molar-refractivity contribution in [1.82, 2.24) is 4.31 Å². The SMILES string of the molecule is COc1ccc(CS[C@@H]2C[C@H](C)N(S(=O)(=O)c3ccc4ccccc4c3)C2)cc1. The van der Waals surface area contributed by atoms with E-state index in [0.717, 1.165) is 28.7 Å². The summed E-state index contributed by atoms with van der Waals surface area (Å²) in [6.07, 6.45) is 0.869. The Morgan fingerprint density at radius 3 is 2.48 bits per heavy atom. The number of fused-ring (bicyclic) bond motifs is 1. The first-order valence-electron chi connectivity index (χ1n) is 9.72. The van der Waals surface area contributed by atoms with Gasteiger partial charge in [0.2, 0.25) is 10.0 Å². The Labute approximate surface area is 176 Å². The van der Waals surface area contributed by atoms with Crippen molar-refractivity contribution in [3.63, 3.8) is 0 Å². The molecule has 0 radical (unpaired) electrons. The maximum absolute atomic E-state index is 13.3. The zero-order valence-corrected chi connectivity index (χ0v) is 18.2. The molecule has 152 valence electrons. The zero-order valence-electron chi connectivity index (χ0n) is 16.6. The number of ether oxygens (including phenoxy) is 1. The first-order chi connectivity index (χ1) is 14.0. The van der Waals surface area contributed by atoms with Gasteiger partial charge >= 0.3 is 0 Å². The van der Waals surface area contributed by atoms with Crippen LogP contribution in [0.5, 0.6) is 5.75 Å². The van der Waals surface area contributed by atoms with E-state index in [1.54, 1.807) is 23.5 Å². The van der Waals surface area contributed by atoms with Gasteiger partial charge in [-0.2, -0.15) is 16.1 Å². The Kier molecular flexibility index (Phi) is 5.86. The van der Waals surface area contributed by atoms with Crippen LogP contribution in [0.25, 0.3) is 10.8 Å². The van der Waals surface area contributed by atoms with Gasteiger partial charge in [-0.1, -0.05) is 42.5 Å². The van der Waals surface area contributed by atoms with E-state index in [0.29, 0.717) is 16.7 Å². The molecule has 0 spiro atoms. The van der Waals surface area contributed by atoms with Gasteiger partial charge in [-0.25, -0.2) is 8.42 Å². The lowest BCUT2D eigenvalue weighted by Crippen LogP contribution is -2.34. The quantitative estimate of drug-likeness (QED) is 0.559. The molecular formula is C23H25NO3S2. The predicted octanol–water partition coefficient (Wildman–Crippen LogP) is 4.93. The fraction of sp³-hybridized carbons (Fsp3) is 0.304. The molecule has 0 aromatic heterocycles. The van der Waals surface area contributed by atoms with Crippen LogP contribution in [0.15, 0.2) is 71.6 Å². The lowest BCUT2D eigenvalue weighted by molar-refractivity contribution is 0.408. The summed E-state index contributed by atoms with van der Waals surface area (Å²) in [6.45, 7) is 2.56. The second-order valence-corrected chi connectivity index (χ2v) is 10.6. The maximum atomic E-state index is 13.3. The first-order valence-corrected chi connectivity index (χ1v) is 12.2. The fourth-order valence-electron chi connectivity index (χ4n) is 3.81. The molecule has 0 bridgehead atoms. The summed E-state index contributed by atoms with van der Waals surface area (Å²) in [5.41, 5.74) is 1.22. The van der Waals surface area contributed by atoms with E-state index in [2.05, 4.69) is 12.1 Å². The molecule has 29 heavy (non-hydrogen) atoms. The number of nitrogens with zero attached hydrogens (tertiary/aromatic N) is 1. The first kappa shape index (κ1) is 20.3. The molecule has 0 unspecified atom stereocenters. The van der Waals surface area contributed by atoms with Gasteiger partial charge in [0.1, 0.15) is 5.75 Å². The number of benzene rings is 3. The average Bonchev–Trinajstić information content (AvgIpc) is 3.13. The van der Waals surface area contributed by atoms with Crippen molar-refractivity contribution in [2.75, 3.05) is 13.7 Å². The summed E-state index contributed by atoms with van der Waals surface area (Å²) in [7, 11) is -1.84. The molecule has 0 aliphatic carbocycles. The monoisotopic (exact) mass is 427 g/mol. The van der Waals surface area contributed by atoms with E-state index in [-0.39, 0.29) is 6.04 Å². The summed E-state index contributed by atoms with van der Waals surface area (Å²) in [4.78, 5) is 0.379. The molecule has 2 atom stereocenters. The molecule has 6 heteroatoms. The third kappa shape index (κ3) is 4.29. The van der Waals surface area contributed by atoms with Crippen molar-refractivity contribution in [2.24, 2.45) is 0 Å². The third-order valence-electron chi connectivity index (χ3n) is 5.45. The molecule has 0 N–H and O–H groups in total. The Hall–Kier alpha value is -2.02. The highest BCUT2D eigenvalue weighted by molar-refractivity contribution is 7.99. The van der Waals surface area contributed by atoms with Gasteiger partial charge in [0.05, 0.1) is 12.0 Å². The van der Waals surface area contributed by atoms with E-state index in [9.17, 15) is 8.42 Å². The summed E-state index contributed by atoms with van der Waals surface area (Å²) in [5, 5.41) is 2.29. The van der Waals surface area contributed by atoms with Gasteiger partial charge in [0.15, 0.2) is 0 Å². The fourth-order valence-corrected chi connectivity index (χ4v) is 6.93. The lowest BCUT2D eigenvalue weighted by Gasteiger charge is -2.21. The highest BCUT2D eigenvalue weighted by Crippen LogP contribution is 2.34. The van der Waals surface area contributed by atoms with Crippen molar-refractivity contribution < 1.29 is 13.2 Å². The van der Waals surface area contributed by atoms with Crippen molar-refractivity contribution in [3.8, 4) is 5.75 Å². The van der Waals surface area contributed by atoms with E-state index in [1.807, 2.05) is 61.2 Å². The van der Waals surface area contributed by atoms with Crippen LogP contribution >= 0.6 is 11.8 Å². The smallest absolute Gasteiger partial charge is 0.243 e. The molecular weight excluding hydrogens is 402 g/mol. The summed E-state index contributed by atoms with van der Waals surface area (Å²) in [6, 6.07) is 21.3. The Balaban J connectivity index is 1.46. The van der Waals surface area contributed by atoms with E-state index >= 15 is 0 Å². The van der Waals surface area contributed by atoms with E-state index in [4.69, 9.17) is 4.74 Å². The predicted molar refractivity (Wildman–Crippen MR) is 120 cm³/mol. The van der Waals surface area contributed by atoms with Crippen molar-refractivity contribution >= 4 is 32.6 Å². The van der Waals surface area contributed by atoms with Crippen LogP contribution < -0.4 is 4.74 Å². The van der Waals surface area contributed by atoms with Crippen LogP contribution in [-0.2, 0) is 15.8 Å². The van der Waals surface area contributed by atoms with Crippen molar-refractivity contribution in [1.29, 1.82) is 0 Å². The number of methoxy groups -OCH3 is 1. The number of hydrogen-bond acceptors (Lipinski definition) is 4. The molecule has 1 fully saturated rings. The number of sulfonamides is 1. The second kappa shape index (κ2) is 8.38. The van der Waals surface area contributed by atoms with Crippen LogP contribution in [0.1, 0.15) is 18.9 Å². The zero-order chi connectivity index (χ0) is 20.4. The molecule has 1 aliphatic heterocycles. The molecule has 1 saturated heterocycles. The number of thioether (sulfide) groups is 1. The van der Waals surface area contributed by atoms with Crippen LogP contribution in [0.2, 0.25) is 0 Å². The molecule has 1 aliphatic rings. The Bertz CT molecular complexity index is 1100. The second-order valence-electron chi connectivity index (χ2n) is 7.45. The van der Waals surface area contributed by atoms with Crippen molar-refractivity contribution in [3.05, 3.63) is 72.3 Å². The molecule has 0 amide bonds. The maximum Gasteiger partial charge on any atom is 0.243 e. The minimum atomic E-state index is -3.50. The Morgan fingerprint density at radius 2 is 1.76 bits per heavy atom. The standard InChI is InChI=1S/C23H25NO3S2/c1-17-13-22(28-16-18-7-10-21(27-2)11-8-18)15-24(17)29(25,26)23-12-9-19-5-3-4-6-20(19)14-23/h3-12,14,17,22H,13,15-16H2,1-2H3/t17-,22+/m0/s1. The topological polar surface area (TPSA) is 46.6 Å². The van der Waals surface area contributed by atoms with Gasteiger partial charge in [0, 0.05) is 23.6 Å². The number of hydrogen-bond donors (Lipinski definition) is 0. The molecule has 3 aromatic carbocycles. The Morgan fingerprint density at radius 1 is 1.03 bits per heavy atom. The molecule has 3 aromatic rings. The van der Waals surface area contributed by atoms with Crippen LogP contribution in [-0.4, -0.2) is 37.7 Å². The third-order valence-corrected chi connectivity index (χ3v) is 8.74. The summed E-state index contributed by atoms with van der Waals surface area (Å²) in [5.74, 6) is 1.71. The van der Waals surface area contributed by atoms with E-state index < -0.39 is 10.0 Å². The summed E-state index contributed by atoms with van der Waals surface area (Å²) < 4.78 is 33.4. The normalized spacial score (nSPS) is 20.2. The van der Waals surface area contributed by atoms with Gasteiger partial charge < -0.3 is 4.74 Å². The van der Waals surface area contributed by atoms with Gasteiger partial charge in [0.25, 0.3) is 0 Å². The van der Waals surface area contributed by atoms with Crippen LogP contribution in [0, 0.1) is 0 Å². The molecule has 1 heterocycles. The van der Waals surface area contributed by atoms with Crippen molar-refractivity contribution in [2.45, 2.75) is 35.3 Å². The summed E-state index contributed by atoms with van der Waals surface area (Å²) >= 11 is 1.83. The molecule has 4 nitrogen and oxygen atoms in total. The minimum absolute atomic E-state index is 0.000150. The van der Waals surface area contributed by atoms with E-state index in [1.165, 1.54) is 5.56 Å². The largest absolute Gasteiger partial charge is 0.497 e. The minimum Gasteiger partial charge on any atom is -0.497 e. The van der Waals surface area contributed by atoms with Crippen LogP contribution in [0.4, 0.5) is 0 Å². The highest BCUT2D eigenvalue weighted by Gasteiger charge is 2.38. The van der Waals surface area contributed by atoms with Gasteiger partial charge in [-0.3, -0.25) is 0 Å². The van der Waals surface area contributed by atoms with Gasteiger partial charge in [-0.15, -0.1) is 0 Å². The highest BCUT2D eigenvalue weighted by atomic mass is 32.2. The van der Waals surface area contributed by atoms with Gasteiger partial charge in [-0.05, 0) is 53.9 Å². The molecule has 0 saturated carbocycles. The molecule has 4 rings (SSSR count). The number of rotatable bonds is 6. The van der Waals surface area contributed by atoms with Crippen LogP contribution in [0.3, 0.4) is 0 Å². The lowest BCUT2D eigenvalue weighted by atomic mass is 10.1. The average molecular weight is 428 g/mol.